The topological polar surface area (TPSA) is 23.0 Å². The van der Waals surface area contributed by atoms with Crippen molar-refractivity contribution in [2.45, 2.75) is 6.92 Å². The molecule has 0 aliphatic rings. The van der Waals surface area contributed by atoms with Crippen molar-refractivity contribution in [3.8, 4) is 22.5 Å². The molecule has 13 aromatic rings. The third-order valence-corrected chi connectivity index (χ3v) is 17.3. The van der Waals surface area contributed by atoms with E-state index in [0.717, 1.165) is 36.4 Å². The first-order valence-electron chi connectivity index (χ1n) is 29.1. The average Bonchev–Trinajstić information content (AvgIpc) is 2.72. The van der Waals surface area contributed by atoms with Crippen molar-refractivity contribution in [1.82, 2.24) is 9.13 Å². The molecule has 0 saturated heterocycles. The van der Waals surface area contributed by atoms with Gasteiger partial charge in [0.2, 0.25) is 0 Å². The van der Waals surface area contributed by atoms with Gasteiger partial charge in [-0.25, -0.2) is 0 Å². The Morgan fingerprint density at radius 2 is 1.00 bits per heavy atom. The van der Waals surface area contributed by atoms with E-state index in [4.69, 9.17) is 14.0 Å². The van der Waals surface area contributed by atoms with Crippen LogP contribution in [0.15, 0.2) is 241 Å². The van der Waals surface area contributed by atoms with Gasteiger partial charge in [-0.15, -0.1) is 0 Å². The molecule has 0 bridgehead atoms. The summed E-state index contributed by atoms with van der Waals surface area (Å²) >= 11 is 0. The summed E-state index contributed by atoms with van der Waals surface area (Å²) in [4.78, 5) is 0. The van der Waals surface area contributed by atoms with Gasteiger partial charge in [0.05, 0.1) is 55.1 Å². The number of fused-ring (bicyclic) bond motifs is 10. The van der Waals surface area contributed by atoms with Crippen molar-refractivity contribution < 1.29 is 26.3 Å². The van der Waals surface area contributed by atoms with Gasteiger partial charge in [-0.05, 0) is 87.2 Å². The van der Waals surface area contributed by atoms with Crippen molar-refractivity contribution in [1.29, 1.82) is 0 Å². The van der Waals surface area contributed by atoms with Crippen LogP contribution in [0.1, 0.15) is 27.5 Å². The zero-order valence-corrected chi connectivity index (χ0v) is 35.6. The second-order valence-electron chi connectivity index (χ2n) is 16.0. The highest BCUT2D eigenvalue weighted by molar-refractivity contribution is 7.19. The van der Waals surface area contributed by atoms with Crippen LogP contribution in [0, 0.1) is 6.92 Å². The Hall–Kier alpha value is -8.18. The molecular weight excluding hydrogens is 805 g/mol. The lowest BCUT2D eigenvalue weighted by molar-refractivity contribution is 0.666. The van der Waals surface area contributed by atoms with E-state index >= 15 is 0 Å². The van der Waals surface area contributed by atoms with E-state index in [1.165, 1.54) is 6.92 Å². The summed E-state index contributed by atoms with van der Waals surface area (Å²) < 4.78 is 158. The van der Waals surface area contributed by atoms with Crippen molar-refractivity contribution in [3.05, 3.63) is 242 Å². The molecule has 0 N–H and O–H groups in total. The average molecular weight is 863 g/mol. The molecule has 13 rings (SSSR count). The Kier molecular flexibility index (Phi) is 5.56. The minimum absolute atomic E-state index is 0.00515. The van der Waals surface area contributed by atoms with E-state index in [9.17, 15) is 12.3 Å². The molecule has 0 atom stereocenters. The van der Waals surface area contributed by atoms with E-state index in [-0.39, 0.29) is 82.8 Å². The van der Waals surface area contributed by atoms with Crippen molar-refractivity contribution in [2.75, 3.05) is 0 Å². The van der Waals surface area contributed by atoms with Gasteiger partial charge >= 0.3 is 0 Å². The maximum Gasteiger partial charge on any atom is 0.179 e. The molecule has 0 fully saturated rings. The number of nitrogens with zero attached hydrogens (tertiary/aromatic N) is 2. The van der Waals surface area contributed by atoms with Crippen LogP contribution in [0.4, 0.5) is 0 Å². The number of furan rings is 1. The summed E-state index contributed by atoms with van der Waals surface area (Å²) in [5.41, 5.74) is 0.677. The molecule has 3 heterocycles. The normalized spacial score (nSPS) is 15.5. The SMILES string of the molecule is [2H]c1c([2H])c([2H])c2c(oc3c(-n4c5c([2H])c([2H])c([2H])c([2H])c5c5c([2H])c(C)c([2H])c([2H])c54)c([2H])c4c5c([2H])c([2H])c([2H])c([2H])c5n(-c5ccc([Si](c6ccccc6)(c6ccccc6)c6cccc(-c7ccccc7)c6)cc5)c4c32)c1[2H]. The highest BCUT2D eigenvalue weighted by atomic mass is 28.3. The molecule has 0 aliphatic heterocycles. The minimum atomic E-state index is -3.29. The van der Waals surface area contributed by atoms with Crippen LogP contribution in [0.25, 0.3) is 88.1 Å². The Morgan fingerprint density at radius 1 is 0.446 bits per heavy atom. The lowest BCUT2D eigenvalue weighted by atomic mass is 10.1. The van der Waals surface area contributed by atoms with Gasteiger partial charge in [0.15, 0.2) is 13.7 Å². The third kappa shape index (κ3) is 5.61. The molecule has 306 valence electrons. The molecule has 0 saturated carbocycles. The number of hydrogen-bond donors (Lipinski definition) is 0. The van der Waals surface area contributed by atoms with E-state index in [1.54, 1.807) is 4.57 Å². The summed E-state index contributed by atoms with van der Waals surface area (Å²) in [7, 11) is -3.29. The van der Waals surface area contributed by atoms with E-state index < -0.39 is 98.7 Å². The van der Waals surface area contributed by atoms with Gasteiger partial charge in [0, 0.05) is 32.6 Å². The van der Waals surface area contributed by atoms with Gasteiger partial charge < -0.3 is 13.6 Å². The molecule has 0 amide bonds. The quantitative estimate of drug-likeness (QED) is 0.116. The molecule has 65 heavy (non-hydrogen) atoms. The van der Waals surface area contributed by atoms with Gasteiger partial charge in [0.1, 0.15) is 5.58 Å². The molecule has 0 aliphatic carbocycles. The predicted molar refractivity (Wildman–Crippen MR) is 276 cm³/mol. The molecule has 3 aromatic heterocycles. The molecule has 0 spiro atoms. The van der Waals surface area contributed by atoms with Crippen molar-refractivity contribution in [3.63, 3.8) is 0 Å². The predicted octanol–water partition coefficient (Wildman–Crippen LogP) is 13.1. The van der Waals surface area contributed by atoms with Crippen LogP contribution in [-0.4, -0.2) is 17.2 Å². The summed E-state index contributed by atoms with van der Waals surface area (Å²) in [6.45, 7) is 1.45. The monoisotopic (exact) mass is 862 g/mol. The van der Waals surface area contributed by atoms with Gasteiger partial charge in [0.25, 0.3) is 0 Å². The molecule has 4 heteroatoms. The van der Waals surface area contributed by atoms with E-state index in [0.29, 0.717) is 5.69 Å². The van der Waals surface area contributed by atoms with Crippen molar-refractivity contribution in [2.24, 2.45) is 0 Å². The largest absolute Gasteiger partial charge is 0.454 e. The Balaban J connectivity index is 1.22. The van der Waals surface area contributed by atoms with Crippen LogP contribution in [0.2, 0.25) is 0 Å². The van der Waals surface area contributed by atoms with Gasteiger partial charge in [-0.1, -0.05) is 193 Å². The highest BCUT2D eigenvalue weighted by Crippen LogP contribution is 2.45. The zero-order valence-electron chi connectivity index (χ0n) is 50.6. The summed E-state index contributed by atoms with van der Waals surface area (Å²) in [6.07, 6.45) is 0. The second kappa shape index (κ2) is 14.7. The summed E-state index contributed by atoms with van der Waals surface area (Å²) in [5, 5.41) is 3.23. The van der Waals surface area contributed by atoms with Crippen LogP contribution in [0.5, 0.6) is 0 Å². The number of para-hydroxylation sites is 3. The molecule has 0 radical (unpaired) electrons. The fourth-order valence-corrected chi connectivity index (χ4v) is 14.6. The lowest BCUT2D eigenvalue weighted by Crippen LogP contribution is -2.74. The Morgan fingerprint density at radius 3 is 1.71 bits per heavy atom. The Labute approximate surface area is 400 Å². The van der Waals surface area contributed by atoms with Crippen LogP contribution >= 0.6 is 0 Å². The standard InChI is InChI=1S/C61H42N2OSi/c1-41-32-37-56-52(38-41)49-26-11-15-30-55(49)63(56)57-40-53-50-27-12-14-29-54(50)62(60(53)59-51-28-13-16-31-58(51)64-61(57)59)44-33-35-47(36-34-44)65(45-21-7-3-8-22-45,46-23-9-4-10-24-46)48-25-17-20-43(39-48)42-18-5-2-6-19-42/h2-40H,1H3/i11D,12D,13D,14D,15D,16D,26D,27D,28D,29D,30D,31D,32D,37D,38D,40D. The summed E-state index contributed by atoms with van der Waals surface area (Å²) in [6, 6.07) is 37.7. The second-order valence-corrected chi connectivity index (χ2v) is 19.8. The zero-order chi connectivity index (χ0) is 57.0. The third-order valence-electron chi connectivity index (χ3n) is 12.5. The molecule has 3 nitrogen and oxygen atoms in total. The smallest absolute Gasteiger partial charge is 0.179 e. The number of hydrogen-bond acceptors (Lipinski definition) is 1. The number of aromatic nitrogens is 2. The Bertz CT molecular complexity index is 4770. The molecule has 0 unspecified atom stereocenters. The fourth-order valence-electron chi connectivity index (χ4n) is 9.79. The number of benzene rings is 10. The van der Waals surface area contributed by atoms with Gasteiger partial charge in [-0.3, -0.25) is 0 Å². The van der Waals surface area contributed by atoms with E-state index in [1.807, 2.05) is 78.9 Å². The minimum Gasteiger partial charge on any atom is -0.454 e. The lowest BCUT2D eigenvalue weighted by Gasteiger charge is -2.35. The van der Waals surface area contributed by atoms with E-state index in [2.05, 4.69) is 60.7 Å². The van der Waals surface area contributed by atoms with Gasteiger partial charge in [-0.2, -0.15) is 0 Å². The van der Waals surface area contributed by atoms with Crippen molar-refractivity contribution >= 4 is 94.4 Å². The maximum atomic E-state index is 10.5. The first-order valence-corrected chi connectivity index (χ1v) is 23.1. The maximum absolute atomic E-state index is 10.5. The number of rotatable bonds is 7. The molecule has 10 aromatic carbocycles. The van der Waals surface area contributed by atoms with Crippen LogP contribution < -0.4 is 20.7 Å². The summed E-state index contributed by atoms with van der Waals surface area (Å²) in [5.74, 6) is 0. The van der Waals surface area contributed by atoms with Crippen LogP contribution in [-0.2, 0) is 0 Å². The molecular formula is C61H42N2OSi. The fraction of sp³-hybridized carbons (Fsp3) is 0.0164. The van der Waals surface area contributed by atoms with Crippen LogP contribution in [0.3, 0.4) is 0 Å². The highest BCUT2D eigenvalue weighted by Gasteiger charge is 2.41. The first kappa shape index (κ1) is 24.6. The first-order chi connectivity index (χ1) is 38.8.